The van der Waals surface area contributed by atoms with E-state index in [0.717, 1.165) is 30.3 Å². The molecule has 2 aromatic rings. The number of nitrogens with one attached hydrogen (secondary N) is 2. The van der Waals surface area contributed by atoms with E-state index in [2.05, 4.69) is 20.5 Å². The summed E-state index contributed by atoms with van der Waals surface area (Å²) in [6, 6.07) is 8.08. The topological polar surface area (TPSA) is 73.0 Å². The third-order valence-electron chi connectivity index (χ3n) is 5.11. The molecule has 1 saturated heterocycles. The Morgan fingerprint density at radius 3 is 2.69 bits per heavy atom. The van der Waals surface area contributed by atoms with Crippen molar-refractivity contribution in [2.75, 3.05) is 32.7 Å². The Kier molecular flexibility index (Phi) is 9.94. The van der Waals surface area contributed by atoms with Crippen molar-refractivity contribution in [2.24, 2.45) is 4.99 Å². The molecule has 3 N–H and O–H groups in total. The summed E-state index contributed by atoms with van der Waals surface area (Å²) >= 11 is 1.55. The Morgan fingerprint density at radius 1 is 1.28 bits per heavy atom. The number of aliphatic hydroxyl groups is 1. The number of piperidine rings is 1. The second kappa shape index (κ2) is 11.9. The molecule has 8 heteroatoms. The minimum atomic E-state index is -0.968. The number of rotatable bonds is 8. The van der Waals surface area contributed by atoms with Crippen molar-refractivity contribution in [3.8, 4) is 0 Å². The molecule has 0 bridgehead atoms. The highest BCUT2D eigenvalue weighted by atomic mass is 127. The normalized spacial score (nSPS) is 18.5. The number of aliphatic imine (C=N–C) groups is 1. The smallest absolute Gasteiger partial charge is 0.191 e. The van der Waals surface area contributed by atoms with Gasteiger partial charge in [-0.1, -0.05) is 12.5 Å². The molecule has 2 atom stereocenters. The number of thiophene rings is 1. The lowest BCUT2D eigenvalue weighted by molar-refractivity contribution is 0.0711. The Morgan fingerprint density at radius 2 is 2.07 bits per heavy atom. The summed E-state index contributed by atoms with van der Waals surface area (Å²) in [5.41, 5.74) is -0.968. The van der Waals surface area contributed by atoms with Crippen LogP contribution in [0.15, 0.2) is 45.3 Å². The molecule has 1 aliphatic rings. The molecule has 2 aromatic heterocycles. The molecule has 29 heavy (non-hydrogen) atoms. The first-order chi connectivity index (χ1) is 13.6. The quantitative estimate of drug-likeness (QED) is 0.273. The molecule has 2 unspecified atom stereocenters. The average molecular weight is 532 g/mol. The first-order valence-corrected chi connectivity index (χ1v) is 11.0. The third-order valence-corrected chi connectivity index (χ3v) is 6.23. The van der Waals surface area contributed by atoms with Crippen molar-refractivity contribution in [2.45, 2.75) is 44.8 Å². The van der Waals surface area contributed by atoms with Gasteiger partial charge in [-0.25, -0.2) is 4.99 Å². The van der Waals surface area contributed by atoms with Crippen LogP contribution in [0.4, 0.5) is 0 Å². The Labute approximate surface area is 194 Å². The minimum absolute atomic E-state index is 0. The van der Waals surface area contributed by atoms with Gasteiger partial charge < -0.3 is 20.2 Å². The van der Waals surface area contributed by atoms with Crippen molar-refractivity contribution < 1.29 is 9.52 Å². The van der Waals surface area contributed by atoms with Crippen LogP contribution in [0.25, 0.3) is 0 Å². The van der Waals surface area contributed by atoms with Crippen LogP contribution in [-0.4, -0.2) is 48.7 Å². The van der Waals surface area contributed by atoms with Crippen LogP contribution in [0.5, 0.6) is 0 Å². The van der Waals surface area contributed by atoms with E-state index in [1.54, 1.807) is 17.6 Å². The van der Waals surface area contributed by atoms with Gasteiger partial charge in [0.15, 0.2) is 5.96 Å². The van der Waals surface area contributed by atoms with Crippen LogP contribution in [0.3, 0.4) is 0 Å². The van der Waals surface area contributed by atoms with E-state index in [-0.39, 0.29) is 30.0 Å². The van der Waals surface area contributed by atoms with Gasteiger partial charge in [0.05, 0.1) is 18.8 Å². The SMILES string of the molecule is CCNC(=NCC(C)(O)c1cccs1)NCC(c1ccco1)N1CCCCC1.I. The zero-order chi connectivity index (χ0) is 19.8. The third kappa shape index (κ3) is 6.97. The van der Waals surface area contributed by atoms with E-state index in [9.17, 15) is 5.11 Å². The first kappa shape index (κ1) is 24.2. The van der Waals surface area contributed by atoms with Gasteiger partial charge in [-0.05, 0) is 63.4 Å². The summed E-state index contributed by atoms with van der Waals surface area (Å²) in [7, 11) is 0. The zero-order valence-corrected chi connectivity index (χ0v) is 20.4. The van der Waals surface area contributed by atoms with Crippen LogP contribution < -0.4 is 10.6 Å². The number of guanidine groups is 1. The lowest BCUT2D eigenvalue weighted by Crippen LogP contribution is -2.45. The lowest BCUT2D eigenvalue weighted by Gasteiger charge is -2.33. The molecule has 0 spiro atoms. The largest absolute Gasteiger partial charge is 0.468 e. The van der Waals surface area contributed by atoms with Gasteiger partial charge >= 0.3 is 0 Å². The van der Waals surface area contributed by atoms with Crippen LogP contribution in [-0.2, 0) is 5.60 Å². The van der Waals surface area contributed by atoms with Crippen LogP contribution in [0.2, 0.25) is 0 Å². The second-order valence-corrected chi connectivity index (χ2v) is 8.40. The van der Waals surface area contributed by atoms with Crippen LogP contribution >= 0.6 is 35.3 Å². The molecule has 162 valence electrons. The van der Waals surface area contributed by atoms with E-state index >= 15 is 0 Å². The predicted molar refractivity (Wildman–Crippen MR) is 130 cm³/mol. The molecule has 0 saturated carbocycles. The van der Waals surface area contributed by atoms with Crippen molar-refractivity contribution >= 4 is 41.3 Å². The van der Waals surface area contributed by atoms with Crippen molar-refractivity contribution in [3.05, 3.63) is 46.5 Å². The number of halogens is 1. The zero-order valence-electron chi connectivity index (χ0n) is 17.3. The maximum absolute atomic E-state index is 10.7. The predicted octanol–water partition coefficient (Wildman–Crippen LogP) is 3.95. The van der Waals surface area contributed by atoms with Gasteiger partial charge in [0.1, 0.15) is 11.4 Å². The van der Waals surface area contributed by atoms with E-state index in [0.29, 0.717) is 19.0 Å². The Balaban J connectivity index is 0.00000300. The summed E-state index contributed by atoms with van der Waals surface area (Å²) < 4.78 is 5.72. The Hall–Kier alpha value is -1.10. The van der Waals surface area contributed by atoms with Gasteiger partial charge in [0, 0.05) is 18.0 Å². The fraction of sp³-hybridized carbons (Fsp3) is 0.571. The van der Waals surface area contributed by atoms with Crippen LogP contribution in [0, 0.1) is 0 Å². The number of hydrogen-bond acceptors (Lipinski definition) is 5. The molecule has 6 nitrogen and oxygen atoms in total. The maximum Gasteiger partial charge on any atom is 0.191 e. The summed E-state index contributed by atoms with van der Waals surface area (Å²) in [6.07, 6.45) is 5.50. The minimum Gasteiger partial charge on any atom is -0.468 e. The Bertz CT molecular complexity index is 713. The van der Waals surface area contributed by atoms with Gasteiger partial charge in [-0.3, -0.25) is 4.90 Å². The van der Waals surface area contributed by atoms with Crippen LogP contribution in [0.1, 0.15) is 49.8 Å². The fourth-order valence-corrected chi connectivity index (χ4v) is 4.33. The van der Waals surface area contributed by atoms with Gasteiger partial charge in [-0.2, -0.15) is 0 Å². The number of furan rings is 1. The fourth-order valence-electron chi connectivity index (χ4n) is 3.55. The van der Waals surface area contributed by atoms with E-state index < -0.39 is 5.60 Å². The number of nitrogens with zero attached hydrogens (tertiary/aromatic N) is 2. The van der Waals surface area contributed by atoms with Crippen molar-refractivity contribution in [1.29, 1.82) is 0 Å². The highest BCUT2D eigenvalue weighted by Gasteiger charge is 2.26. The highest BCUT2D eigenvalue weighted by molar-refractivity contribution is 14.0. The summed E-state index contributed by atoms with van der Waals surface area (Å²) in [5.74, 6) is 1.70. The van der Waals surface area contributed by atoms with Gasteiger partial charge in [0.2, 0.25) is 0 Å². The lowest BCUT2D eigenvalue weighted by atomic mass is 10.1. The first-order valence-electron chi connectivity index (χ1n) is 10.2. The van der Waals surface area contributed by atoms with Gasteiger partial charge in [0.25, 0.3) is 0 Å². The van der Waals surface area contributed by atoms with E-state index in [4.69, 9.17) is 4.42 Å². The molecule has 0 radical (unpaired) electrons. The van der Waals surface area contributed by atoms with E-state index in [1.807, 2.05) is 43.5 Å². The number of likely N-dealkylation sites (tertiary alicyclic amines) is 1. The molecule has 1 fully saturated rings. The van der Waals surface area contributed by atoms with Crippen molar-refractivity contribution in [3.63, 3.8) is 0 Å². The maximum atomic E-state index is 10.7. The highest BCUT2D eigenvalue weighted by Crippen LogP contribution is 2.26. The monoisotopic (exact) mass is 532 g/mol. The van der Waals surface area contributed by atoms with Gasteiger partial charge in [-0.15, -0.1) is 35.3 Å². The molecule has 0 aliphatic carbocycles. The summed E-state index contributed by atoms with van der Waals surface area (Å²) in [4.78, 5) is 8.05. The van der Waals surface area contributed by atoms with Crippen molar-refractivity contribution in [1.82, 2.24) is 15.5 Å². The number of hydrogen-bond donors (Lipinski definition) is 3. The summed E-state index contributed by atoms with van der Waals surface area (Å²) in [6.45, 7) is 7.82. The molecular formula is C21H33IN4O2S. The van der Waals surface area contributed by atoms with E-state index in [1.165, 1.54) is 19.3 Å². The molecule has 0 amide bonds. The summed E-state index contributed by atoms with van der Waals surface area (Å²) in [5, 5.41) is 19.5. The molecule has 3 heterocycles. The molecule has 1 aliphatic heterocycles. The second-order valence-electron chi connectivity index (χ2n) is 7.46. The average Bonchev–Trinajstić information content (AvgIpc) is 3.41. The molecular weight excluding hydrogens is 499 g/mol. The molecule has 0 aromatic carbocycles. The molecule has 3 rings (SSSR count). The standard InChI is InChI=1S/C21H32N4O2S.HI/c1-3-22-20(24-16-21(2,26)19-10-8-14-28-19)23-15-17(18-9-7-13-27-18)25-11-5-4-6-12-25;/h7-10,13-14,17,26H,3-6,11-12,15-16H2,1-2H3,(H2,22,23,24);1H.